The summed E-state index contributed by atoms with van der Waals surface area (Å²) in [6, 6.07) is 5.59. The highest BCUT2D eigenvalue weighted by molar-refractivity contribution is 6.33. The van der Waals surface area contributed by atoms with Crippen LogP contribution in [0.15, 0.2) is 18.2 Å². The van der Waals surface area contributed by atoms with E-state index in [1.807, 2.05) is 0 Å². The summed E-state index contributed by atoms with van der Waals surface area (Å²) >= 11 is 11.6. The van der Waals surface area contributed by atoms with Gasteiger partial charge in [-0.15, -0.1) is 0 Å². The summed E-state index contributed by atoms with van der Waals surface area (Å²) in [7, 11) is 0. The number of hydrogen-bond donors (Lipinski definition) is 1. The second-order valence-corrected chi connectivity index (χ2v) is 4.71. The Hall–Kier alpha value is -1.90. The molecule has 0 saturated carbocycles. The summed E-state index contributed by atoms with van der Waals surface area (Å²) in [5.74, 6) is -1.75. The fourth-order valence-corrected chi connectivity index (χ4v) is 1.90. The van der Waals surface area contributed by atoms with Crippen LogP contribution in [-0.2, 0) is 0 Å². The molecule has 0 spiro atoms. The molecule has 1 aromatic carbocycles. The van der Waals surface area contributed by atoms with Gasteiger partial charge >= 0.3 is 0 Å². The smallest absolute Gasteiger partial charge is 0.168 e. The Morgan fingerprint density at radius 2 is 2.00 bits per heavy atom. The number of aryl methyl sites for hydroxylation is 1. The van der Waals surface area contributed by atoms with E-state index in [1.54, 1.807) is 13.0 Å². The molecule has 0 radical (unpaired) electrons. The number of nitriles is 1. The molecule has 1 N–H and O–H groups in total. The van der Waals surface area contributed by atoms with Crippen molar-refractivity contribution in [3.8, 4) is 6.07 Å². The number of benzene rings is 1. The number of nitrogens with one attached hydrogen (secondary N) is 1. The van der Waals surface area contributed by atoms with Crippen LogP contribution in [0.1, 0.15) is 11.1 Å². The minimum atomic E-state index is -0.831. The van der Waals surface area contributed by atoms with Crippen LogP contribution in [0.2, 0.25) is 10.2 Å². The molecule has 2 rings (SSSR count). The fraction of sp³-hybridized carbons (Fsp3) is 0.0769. The second-order valence-electron chi connectivity index (χ2n) is 3.95. The van der Waals surface area contributed by atoms with Crippen LogP contribution >= 0.6 is 23.2 Å². The monoisotopic (exact) mass is 313 g/mol. The van der Waals surface area contributed by atoms with Crippen molar-refractivity contribution in [3.63, 3.8) is 0 Å². The van der Waals surface area contributed by atoms with Crippen molar-refractivity contribution in [1.82, 2.24) is 4.98 Å². The van der Waals surface area contributed by atoms with E-state index in [4.69, 9.17) is 28.5 Å². The van der Waals surface area contributed by atoms with Crippen molar-refractivity contribution in [2.45, 2.75) is 6.92 Å². The van der Waals surface area contributed by atoms with Gasteiger partial charge in [-0.05, 0) is 24.6 Å². The molecule has 1 heterocycles. The fourth-order valence-electron chi connectivity index (χ4n) is 1.52. The molecule has 0 unspecified atom stereocenters. The maximum Gasteiger partial charge on any atom is 0.168 e. The van der Waals surface area contributed by atoms with E-state index in [-0.39, 0.29) is 27.2 Å². The highest BCUT2D eigenvalue weighted by Gasteiger charge is 2.15. The number of halogens is 4. The molecule has 102 valence electrons. The van der Waals surface area contributed by atoms with Gasteiger partial charge in [-0.3, -0.25) is 0 Å². The SMILES string of the molecule is Cc1ccc(Cl)c(Nc2nc(Cl)c(C#N)cc2F)c1F. The van der Waals surface area contributed by atoms with Crippen LogP contribution in [0, 0.1) is 29.9 Å². The molecular formula is C13H7Cl2F2N3. The molecule has 0 aliphatic carbocycles. The van der Waals surface area contributed by atoms with Crippen LogP contribution < -0.4 is 5.32 Å². The number of anilines is 2. The Kier molecular flexibility index (Phi) is 4.07. The van der Waals surface area contributed by atoms with Crippen LogP contribution in [0.25, 0.3) is 0 Å². The number of aromatic nitrogens is 1. The molecule has 0 aliphatic rings. The lowest BCUT2D eigenvalue weighted by Crippen LogP contribution is -2.02. The highest BCUT2D eigenvalue weighted by Crippen LogP contribution is 2.31. The molecule has 2 aromatic rings. The summed E-state index contributed by atoms with van der Waals surface area (Å²) in [6.45, 7) is 1.55. The Bertz CT molecular complexity index is 727. The Balaban J connectivity index is 2.49. The summed E-state index contributed by atoms with van der Waals surface area (Å²) in [6.07, 6.45) is 0. The average molecular weight is 314 g/mol. The van der Waals surface area contributed by atoms with E-state index >= 15 is 0 Å². The van der Waals surface area contributed by atoms with E-state index in [2.05, 4.69) is 10.3 Å². The molecule has 0 aliphatic heterocycles. The molecule has 20 heavy (non-hydrogen) atoms. The first-order valence-corrected chi connectivity index (χ1v) is 6.17. The quantitative estimate of drug-likeness (QED) is 0.825. The first-order chi connectivity index (χ1) is 9.43. The Labute approximate surface area is 123 Å². The molecule has 3 nitrogen and oxygen atoms in total. The summed E-state index contributed by atoms with van der Waals surface area (Å²) < 4.78 is 27.7. The van der Waals surface area contributed by atoms with Crippen molar-refractivity contribution in [3.05, 3.63) is 51.1 Å². The van der Waals surface area contributed by atoms with Gasteiger partial charge in [0, 0.05) is 0 Å². The molecule has 7 heteroatoms. The van der Waals surface area contributed by atoms with Gasteiger partial charge < -0.3 is 5.32 Å². The van der Waals surface area contributed by atoms with Crippen LogP contribution in [0.4, 0.5) is 20.3 Å². The van der Waals surface area contributed by atoms with Gasteiger partial charge in [0.05, 0.1) is 16.3 Å². The van der Waals surface area contributed by atoms with Gasteiger partial charge in [-0.2, -0.15) is 5.26 Å². The second kappa shape index (κ2) is 5.61. The third-order valence-corrected chi connectivity index (χ3v) is 3.18. The number of pyridine rings is 1. The van der Waals surface area contributed by atoms with Gasteiger partial charge in [-0.1, -0.05) is 29.3 Å². The Morgan fingerprint density at radius 3 is 2.65 bits per heavy atom. The maximum absolute atomic E-state index is 13.9. The van der Waals surface area contributed by atoms with E-state index in [1.165, 1.54) is 12.1 Å². The van der Waals surface area contributed by atoms with E-state index < -0.39 is 11.6 Å². The zero-order valence-corrected chi connectivity index (χ0v) is 11.7. The highest BCUT2D eigenvalue weighted by atomic mass is 35.5. The molecule has 0 saturated heterocycles. The Morgan fingerprint density at radius 1 is 1.30 bits per heavy atom. The largest absolute Gasteiger partial charge is 0.334 e. The number of rotatable bonds is 2. The van der Waals surface area contributed by atoms with E-state index in [9.17, 15) is 8.78 Å². The van der Waals surface area contributed by atoms with Gasteiger partial charge in [0.2, 0.25) is 0 Å². The normalized spacial score (nSPS) is 10.2. The topological polar surface area (TPSA) is 48.7 Å². The number of hydrogen-bond acceptors (Lipinski definition) is 3. The van der Waals surface area contributed by atoms with Crippen molar-refractivity contribution in [1.29, 1.82) is 5.26 Å². The number of nitrogens with zero attached hydrogens (tertiary/aromatic N) is 2. The zero-order valence-electron chi connectivity index (χ0n) is 10.1. The maximum atomic E-state index is 13.9. The summed E-state index contributed by atoms with van der Waals surface area (Å²) in [4.78, 5) is 3.68. The standard InChI is InChI=1S/C13H7Cl2F2N3/c1-6-2-3-8(14)11(10(6)17)19-13-9(16)4-7(5-18)12(15)20-13/h2-4H,1H3,(H,19,20). The van der Waals surface area contributed by atoms with Gasteiger partial charge in [0.1, 0.15) is 11.2 Å². The van der Waals surface area contributed by atoms with Crippen molar-refractivity contribution < 1.29 is 8.78 Å². The lowest BCUT2D eigenvalue weighted by atomic mass is 10.2. The van der Waals surface area contributed by atoms with Gasteiger partial charge in [0.25, 0.3) is 0 Å². The third kappa shape index (κ3) is 2.67. The van der Waals surface area contributed by atoms with Gasteiger partial charge in [-0.25, -0.2) is 13.8 Å². The zero-order chi connectivity index (χ0) is 14.9. The van der Waals surface area contributed by atoms with Crippen molar-refractivity contribution in [2.24, 2.45) is 0 Å². The van der Waals surface area contributed by atoms with Crippen LogP contribution in [0.5, 0.6) is 0 Å². The first-order valence-electron chi connectivity index (χ1n) is 5.41. The summed E-state index contributed by atoms with van der Waals surface area (Å²) in [5.41, 5.74) is 0.140. The minimum Gasteiger partial charge on any atom is -0.334 e. The van der Waals surface area contributed by atoms with Crippen molar-refractivity contribution in [2.75, 3.05) is 5.32 Å². The predicted molar refractivity (Wildman–Crippen MR) is 73.3 cm³/mol. The minimum absolute atomic E-state index is 0.0785. The van der Waals surface area contributed by atoms with Crippen LogP contribution in [-0.4, -0.2) is 4.98 Å². The first kappa shape index (κ1) is 14.5. The van der Waals surface area contributed by atoms with Gasteiger partial charge in [0.15, 0.2) is 17.5 Å². The summed E-state index contributed by atoms with van der Waals surface area (Å²) in [5, 5.41) is 11.1. The molecule has 0 fully saturated rings. The third-order valence-electron chi connectivity index (χ3n) is 2.58. The lowest BCUT2D eigenvalue weighted by molar-refractivity contribution is 0.617. The molecule has 1 aromatic heterocycles. The predicted octanol–water partition coefficient (Wildman–Crippen LogP) is 4.59. The lowest BCUT2D eigenvalue weighted by Gasteiger charge is -2.11. The van der Waals surface area contributed by atoms with E-state index in [0.717, 1.165) is 6.07 Å². The average Bonchev–Trinajstić information content (AvgIpc) is 2.42. The van der Waals surface area contributed by atoms with E-state index in [0.29, 0.717) is 5.56 Å². The van der Waals surface area contributed by atoms with Crippen LogP contribution in [0.3, 0.4) is 0 Å². The molecule has 0 bridgehead atoms. The molecular weight excluding hydrogens is 307 g/mol. The molecule has 0 atom stereocenters. The molecule has 0 amide bonds. The van der Waals surface area contributed by atoms with Crippen molar-refractivity contribution >= 4 is 34.7 Å².